The summed E-state index contributed by atoms with van der Waals surface area (Å²) in [5.41, 5.74) is 0.243. The molecule has 0 saturated carbocycles. The van der Waals surface area contributed by atoms with Crippen molar-refractivity contribution in [1.82, 2.24) is 25.1 Å². The number of fused-ring (bicyclic) bond motifs is 1. The highest BCUT2D eigenvalue weighted by molar-refractivity contribution is 6.06. The number of aromatic nitrogens is 4. The Morgan fingerprint density at radius 2 is 2.12 bits per heavy atom. The summed E-state index contributed by atoms with van der Waals surface area (Å²) < 4.78 is 5.49. The van der Waals surface area contributed by atoms with E-state index in [9.17, 15) is 9.59 Å². The highest BCUT2D eigenvalue weighted by Gasteiger charge is 2.32. The maximum Gasteiger partial charge on any atom is 0.256 e. The molecule has 2 N–H and O–H groups in total. The zero-order chi connectivity index (χ0) is 16.5. The molecule has 1 saturated heterocycles. The van der Waals surface area contributed by atoms with Gasteiger partial charge in [-0.3, -0.25) is 14.7 Å². The number of hydrogen-bond donors (Lipinski definition) is 2. The van der Waals surface area contributed by atoms with Crippen LogP contribution in [-0.2, 0) is 4.74 Å². The van der Waals surface area contributed by atoms with E-state index in [0.717, 1.165) is 0 Å². The first-order valence-corrected chi connectivity index (χ1v) is 7.60. The summed E-state index contributed by atoms with van der Waals surface area (Å²) in [5, 5.41) is 7.77. The first-order valence-electron chi connectivity index (χ1n) is 7.60. The highest BCUT2D eigenvalue weighted by atomic mass is 16.5. The lowest BCUT2D eigenvalue weighted by Crippen LogP contribution is -2.44. The molecule has 1 aliphatic heterocycles. The van der Waals surface area contributed by atoms with Gasteiger partial charge in [-0.1, -0.05) is 18.2 Å². The van der Waals surface area contributed by atoms with Crippen LogP contribution in [0.25, 0.3) is 10.8 Å². The van der Waals surface area contributed by atoms with Gasteiger partial charge >= 0.3 is 0 Å². The van der Waals surface area contributed by atoms with Crippen LogP contribution in [0.15, 0.2) is 41.6 Å². The van der Waals surface area contributed by atoms with Crippen molar-refractivity contribution in [3.8, 4) is 0 Å². The Morgan fingerprint density at radius 1 is 1.29 bits per heavy atom. The zero-order valence-electron chi connectivity index (χ0n) is 12.7. The van der Waals surface area contributed by atoms with Crippen LogP contribution in [0, 0.1) is 0 Å². The largest absolute Gasteiger partial charge is 0.377 e. The number of nitrogens with one attached hydrogen (secondary N) is 2. The van der Waals surface area contributed by atoms with E-state index in [0.29, 0.717) is 41.9 Å². The number of carbonyl (C=O) groups is 1. The predicted molar refractivity (Wildman–Crippen MR) is 85.5 cm³/mol. The van der Waals surface area contributed by atoms with E-state index >= 15 is 0 Å². The fraction of sp³-hybridized carbons (Fsp3) is 0.250. The van der Waals surface area contributed by atoms with E-state index in [1.807, 2.05) is 6.07 Å². The molecule has 1 amide bonds. The molecule has 8 nitrogen and oxygen atoms in total. The number of nitrogens with zero attached hydrogens (tertiary/aromatic N) is 3. The van der Waals surface area contributed by atoms with Crippen molar-refractivity contribution in [2.75, 3.05) is 19.8 Å². The molecule has 122 valence electrons. The van der Waals surface area contributed by atoms with Gasteiger partial charge in [0.2, 0.25) is 0 Å². The van der Waals surface area contributed by atoms with Gasteiger partial charge in [-0.05, 0) is 6.07 Å². The minimum Gasteiger partial charge on any atom is -0.377 e. The van der Waals surface area contributed by atoms with Gasteiger partial charge in [-0.2, -0.15) is 5.10 Å². The van der Waals surface area contributed by atoms with Gasteiger partial charge in [0.05, 0.1) is 18.8 Å². The second-order valence-corrected chi connectivity index (χ2v) is 5.54. The lowest BCUT2D eigenvalue weighted by Gasteiger charge is -2.34. The average molecular weight is 325 g/mol. The number of benzene rings is 1. The van der Waals surface area contributed by atoms with Gasteiger partial charge in [-0.25, -0.2) is 4.98 Å². The van der Waals surface area contributed by atoms with Crippen molar-refractivity contribution in [1.29, 1.82) is 0 Å². The number of amides is 1. The monoisotopic (exact) mass is 325 g/mol. The van der Waals surface area contributed by atoms with E-state index in [1.54, 1.807) is 23.1 Å². The lowest BCUT2D eigenvalue weighted by atomic mass is 10.1. The number of H-pyrrole nitrogens is 2. The van der Waals surface area contributed by atoms with E-state index in [2.05, 4.69) is 20.2 Å². The SMILES string of the molecule is O=C(c1c[nH]c(=O)c2ccccc12)N1CCOCC1c1ncn[nH]1. The smallest absolute Gasteiger partial charge is 0.256 e. The average Bonchev–Trinajstić information content (AvgIpc) is 3.16. The molecule has 2 aromatic heterocycles. The molecule has 1 aliphatic rings. The molecule has 1 fully saturated rings. The third-order valence-corrected chi connectivity index (χ3v) is 4.18. The highest BCUT2D eigenvalue weighted by Crippen LogP contribution is 2.25. The van der Waals surface area contributed by atoms with Crippen LogP contribution < -0.4 is 5.56 Å². The quantitative estimate of drug-likeness (QED) is 0.727. The van der Waals surface area contributed by atoms with Crippen molar-refractivity contribution in [3.63, 3.8) is 0 Å². The fourth-order valence-corrected chi connectivity index (χ4v) is 2.99. The Hall–Kier alpha value is -3.00. The number of aromatic amines is 2. The van der Waals surface area contributed by atoms with Crippen LogP contribution in [-0.4, -0.2) is 50.7 Å². The van der Waals surface area contributed by atoms with E-state index in [4.69, 9.17) is 4.74 Å². The summed E-state index contributed by atoms with van der Waals surface area (Å²) in [7, 11) is 0. The molecule has 3 aromatic rings. The van der Waals surface area contributed by atoms with Gasteiger partial charge in [-0.15, -0.1) is 0 Å². The van der Waals surface area contributed by atoms with Gasteiger partial charge in [0, 0.05) is 23.5 Å². The van der Waals surface area contributed by atoms with Crippen LogP contribution in [0.3, 0.4) is 0 Å². The molecule has 1 aromatic carbocycles. The second kappa shape index (κ2) is 5.89. The molecule has 8 heteroatoms. The predicted octanol–water partition coefficient (Wildman–Crippen LogP) is 0.860. The number of hydrogen-bond acceptors (Lipinski definition) is 5. The number of ether oxygens (including phenoxy) is 1. The maximum absolute atomic E-state index is 13.1. The first-order chi connectivity index (χ1) is 11.8. The van der Waals surface area contributed by atoms with Crippen LogP contribution in [0.2, 0.25) is 0 Å². The summed E-state index contributed by atoms with van der Waals surface area (Å²) in [6.07, 6.45) is 2.88. The van der Waals surface area contributed by atoms with Crippen LogP contribution in [0.1, 0.15) is 22.2 Å². The fourth-order valence-electron chi connectivity index (χ4n) is 2.99. The van der Waals surface area contributed by atoms with Gasteiger partial charge in [0.25, 0.3) is 11.5 Å². The van der Waals surface area contributed by atoms with E-state index < -0.39 is 0 Å². The van der Waals surface area contributed by atoms with Crippen LogP contribution in [0.4, 0.5) is 0 Å². The zero-order valence-corrected chi connectivity index (χ0v) is 12.7. The minimum atomic E-state index is -0.334. The second-order valence-electron chi connectivity index (χ2n) is 5.54. The Bertz CT molecular complexity index is 934. The third kappa shape index (κ3) is 2.37. The van der Waals surface area contributed by atoms with Crippen LogP contribution in [0.5, 0.6) is 0 Å². The molecule has 0 bridgehead atoms. The summed E-state index contributed by atoms with van der Waals surface area (Å²) in [5.74, 6) is 0.406. The minimum absolute atomic E-state index is 0.174. The van der Waals surface area contributed by atoms with E-state index in [1.165, 1.54) is 12.5 Å². The van der Waals surface area contributed by atoms with Crippen LogP contribution >= 0.6 is 0 Å². The summed E-state index contributed by atoms with van der Waals surface area (Å²) in [4.78, 5) is 33.6. The molecule has 1 unspecified atom stereocenters. The number of rotatable bonds is 2. The van der Waals surface area contributed by atoms with Gasteiger partial charge in [0.15, 0.2) is 0 Å². The molecule has 4 rings (SSSR count). The maximum atomic E-state index is 13.1. The molecule has 3 heterocycles. The Kier molecular flexibility index (Phi) is 3.58. The summed E-state index contributed by atoms with van der Waals surface area (Å²) in [6, 6.07) is 6.74. The molecular weight excluding hydrogens is 310 g/mol. The number of pyridine rings is 1. The Balaban J connectivity index is 1.78. The summed E-state index contributed by atoms with van der Waals surface area (Å²) in [6.45, 7) is 1.25. The topological polar surface area (TPSA) is 104 Å². The first kappa shape index (κ1) is 14.6. The van der Waals surface area contributed by atoms with Gasteiger partial charge < -0.3 is 14.6 Å². The molecule has 0 spiro atoms. The molecule has 0 aliphatic carbocycles. The lowest BCUT2D eigenvalue weighted by molar-refractivity contribution is -0.00503. The third-order valence-electron chi connectivity index (χ3n) is 4.18. The number of carbonyl (C=O) groups excluding carboxylic acids is 1. The summed E-state index contributed by atoms with van der Waals surface area (Å²) >= 11 is 0. The molecule has 24 heavy (non-hydrogen) atoms. The van der Waals surface area contributed by atoms with E-state index in [-0.39, 0.29) is 17.5 Å². The van der Waals surface area contributed by atoms with Gasteiger partial charge in [0.1, 0.15) is 18.2 Å². The van der Waals surface area contributed by atoms with Crippen molar-refractivity contribution < 1.29 is 9.53 Å². The molecular formula is C16H15N5O3. The normalized spacial score (nSPS) is 18.0. The standard InChI is InChI=1S/C16H15N5O3/c22-15-11-4-2-1-3-10(11)12(7-17-15)16(23)21-5-6-24-8-13(21)14-18-9-19-20-14/h1-4,7,9,13H,5-6,8H2,(H,17,22)(H,18,19,20). The van der Waals surface area contributed by atoms with Crippen molar-refractivity contribution >= 4 is 16.7 Å². The van der Waals surface area contributed by atoms with Crippen molar-refractivity contribution in [2.24, 2.45) is 0 Å². The Morgan fingerprint density at radius 3 is 2.92 bits per heavy atom. The van der Waals surface area contributed by atoms with Crippen molar-refractivity contribution in [2.45, 2.75) is 6.04 Å². The molecule has 1 atom stereocenters. The molecule has 0 radical (unpaired) electrons. The Labute approximate surface area is 136 Å². The number of morpholine rings is 1. The van der Waals surface area contributed by atoms with Crippen molar-refractivity contribution in [3.05, 3.63) is 58.5 Å².